The Labute approximate surface area is 101 Å². The van der Waals surface area contributed by atoms with Gasteiger partial charge in [-0.15, -0.1) is 11.8 Å². The Balaban J connectivity index is 2.31. The second kappa shape index (κ2) is 3.50. The van der Waals surface area contributed by atoms with E-state index in [9.17, 15) is 4.79 Å². The highest BCUT2D eigenvalue weighted by Gasteiger charge is 2.50. The number of nitrogens with two attached hydrogens (primary N) is 1. The minimum Gasteiger partial charge on any atom is -0.366 e. The summed E-state index contributed by atoms with van der Waals surface area (Å²) >= 11 is 1.75. The van der Waals surface area contributed by atoms with Crippen LogP contribution < -0.4 is 11.1 Å². The number of nitrogens with one attached hydrogen (secondary N) is 1. The zero-order valence-corrected chi connectivity index (χ0v) is 11.1. The molecule has 2 heterocycles. The van der Waals surface area contributed by atoms with E-state index in [1.807, 2.05) is 5.41 Å². The molecule has 90 valence electrons. The standard InChI is InChI=1S/C12H20N2OS/c1-11(2)5-7-8(10(13)15)6-16-9(7)12(3,4)14-11/h6-7,9,14H,5H2,1-4H3,(H2,13,15). The maximum Gasteiger partial charge on any atom is 0.245 e. The lowest BCUT2D eigenvalue weighted by molar-refractivity contribution is -0.115. The number of thioether (sulfide) groups is 1. The first-order chi connectivity index (χ1) is 7.23. The molecule has 1 amide bonds. The predicted octanol–water partition coefficient (Wildman–Crippen LogP) is 1.64. The molecule has 0 aliphatic carbocycles. The minimum atomic E-state index is -0.256. The molecule has 1 saturated heterocycles. The molecule has 2 aliphatic rings. The van der Waals surface area contributed by atoms with Gasteiger partial charge in [0.15, 0.2) is 0 Å². The molecule has 0 aromatic heterocycles. The van der Waals surface area contributed by atoms with Gasteiger partial charge >= 0.3 is 0 Å². The summed E-state index contributed by atoms with van der Waals surface area (Å²) in [5, 5.41) is 6.04. The van der Waals surface area contributed by atoms with Gasteiger partial charge in [0.05, 0.1) is 0 Å². The zero-order chi connectivity index (χ0) is 12.1. The van der Waals surface area contributed by atoms with Crippen LogP contribution in [0, 0.1) is 5.92 Å². The van der Waals surface area contributed by atoms with Gasteiger partial charge in [-0.2, -0.15) is 0 Å². The van der Waals surface area contributed by atoms with Gasteiger partial charge in [-0.05, 0) is 39.5 Å². The van der Waals surface area contributed by atoms with Crippen LogP contribution in [0.3, 0.4) is 0 Å². The molecular formula is C12H20N2OS. The van der Waals surface area contributed by atoms with E-state index in [1.54, 1.807) is 11.8 Å². The molecule has 2 atom stereocenters. The Morgan fingerprint density at radius 3 is 2.69 bits per heavy atom. The van der Waals surface area contributed by atoms with Crippen molar-refractivity contribution in [1.82, 2.24) is 5.32 Å². The summed E-state index contributed by atoms with van der Waals surface area (Å²) in [4.78, 5) is 11.4. The van der Waals surface area contributed by atoms with Gasteiger partial charge in [0, 0.05) is 27.8 Å². The van der Waals surface area contributed by atoms with Crippen molar-refractivity contribution in [2.24, 2.45) is 11.7 Å². The Hall–Kier alpha value is -0.480. The molecule has 3 nitrogen and oxygen atoms in total. The average molecular weight is 240 g/mol. The first-order valence-electron chi connectivity index (χ1n) is 5.68. The maximum atomic E-state index is 11.4. The fraction of sp³-hybridized carbons (Fsp3) is 0.750. The van der Waals surface area contributed by atoms with Gasteiger partial charge in [0.25, 0.3) is 0 Å². The summed E-state index contributed by atoms with van der Waals surface area (Å²) < 4.78 is 0. The van der Waals surface area contributed by atoms with Crippen molar-refractivity contribution in [3.05, 3.63) is 11.0 Å². The van der Waals surface area contributed by atoms with E-state index in [-0.39, 0.29) is 17.0 Å². The number of piperidine rings is 1. The normalized spacial score (nSPS) is 35.4. The number of hydrogen-bond donors (Lipinski definition) is 2. The van der Waals surface area contributed by atoms with E-state index in [2.05, 4.69) is 33.0 Å². The fourth-order valence-electron chi connectivity index (χ4n) is 3.17. The third kappa shape index (κ3) is 1.89. The monoisotopic (exact) mass is 240 g/mol. The first-order valence-corrected chi connectivity index (χ1v) is 6.62. The molecule has 0 bridgehead atoms. The number of amides is 1. The molecule has 0 radical (unpaired) electrons. The van der Waals surface area contributed by atoms with Crippen LogP contribution in [0.15, 0.2) is 11.0 Å². The van der Waals surface area contributed by atoms with Crippen molar-refractivity contribution in [3.63, 3.8) is 0 Å². The second-order valence-electron chi connectivity index (χ2n) is 6.04. The van der Waals surface area contributed by atoms with E-state index >= 15 is 0 Å². The summed E-state index contributed by atoms with van der Waals surface area (Å²) in [5.41, 5.74) is 6.35. The number of rotatable bonds is 1. The molecule has 2 aliphatic heterocycles. The molecule has 0 saturated carbocycles. The van der Waals surface area contributed by atoms with E-state index in [1.165, 1.54) is 0 Å². The highest BCUT2D eigenvalue weighted by molar-refractivity contribution is 8.03. The summed E-state index contributed by atoms with van der Waals surface area (Å²) in [5.74, 6) is 0.0437. The van der Waals surface area contributed by atoms with Crippen LogP contribution >= 0.6 is 11.8 Å². The van der Waals surface area contributed by atoms with Crippen molar-refractivity contribution in [1.29, 1.82) is 0 Å². The summed E-state index contributed by atoms with van der Waals surface area (Å²) in [6.45, 7) is 8.78. The molecule has 0 aromatic rings. The van der Waals surface area contributed by atoms with Crippen LogP contribution in [0.2, 0.25) is 0 Å². The first kappa shape index (κ1) is 12.0. The van der Waals surface area contributed by atoms with Gasteiger partial charge in [0.2, 0.25) is 5.91 Å². The molecule has 2 rings (SSSR count). The van der Waals surface area contributed by atoms with Crippen LogP contribution in [-0.4, -0.2) is 22.2 Å². The van der Waals surface area contributed by atoms with Crippen molar-refractivity contribution < 1.29 is 4.79 Å². The Morgan fingerprint density at radius 1 is 1.50 bits per heavy atom. The summed E-state index contributed by atoms with van der Waals surface area (Å²) in [6.07, 6.45) is 0.975. The summed E-state index contributed by atoms with van der Waals surface area (Å²) in [6, 6.07) is 0. The molecule has 2 unspecified atom stereocenters. The van der Waals surface area contributed by atoms with E-state index in [0.29, 0.717) is 11.2 Å². The average Bonchev–Trinajstić information content (AvgIpc) is 2.43. The molecule has 0 spiro atoms. The van der Waals surface area contributed by atoms with Gasteiger partial charge in [0.1, 0.15) is 0 Å². The Bertz CT molecular complexity index is 360. The molecule has 3 N–H and O–H groups in total. The van der Waals surface area contributed by atoms with Crippen LogP contribution in [-0.2, 0) is 4.79 Å². The third-order valence-corrected chi connectivity index (χ3v) is 5.09. The number of carbonyl (C=O) groups is 1. The van der Waals surface area contributed by atoms with Crippen LogP contribution in [0.25, 0.3) is 0 Å². The Morgan fingerprint density at radius 2 is 2.12 bits per heavy atom. The van der Waals surface area contributed by atoms with Gasteiger partial charge < -0.3 is 11.1 Å². The molecule has 16 heavy (non-hydrogen) atoms. The fourth-order valence-corrected chi connectivity index (χ4v) is 4.58. The quantitative estimate of drug-likeness (QED) is 0.732. The van der Waals surface area contributed by atoms with Gasteiger partial charge in [-0.25, -0.2) is 0 Å². The van der Waals surface area contributed by atoms with Gasteiger partial charge in [-0.3, -0.25) is 4.79 Å². The number of fused-ring (bicyclic) bond motifs is 1. The molecular weight excluding hydrogens is 220 g/mol. The number of primary amides is 1. The van der Waals surface area contributed by atoms with Crippen molar-refractivity contribution in [2.75, 3.05) is 0 Å². The molecule has 0 aromatic carbocycles. The van der Waals surface area contributed by atoms with Crippen LogP contribution in [0.5, 0.6) is 0 Å². The number of carbonyl (C=O) groups excluding carboxylic acids is 1. The highest BCUT2D eigenvalue weighted by Crippen LogP contribution is 2.48. The lowest BCUT2D eigenvalue weighted by Gasteiger charge is -2.49. The lowest BCUT2D eigenvalue weighted by atomic mass is 9.73. The highest BCUT2D eigenvalue weighted by atomic mass is 32.2. The van der Waals surface area contributed by atoms with E-state index in [4.69, 9.17) is 5.73 Å². The van der Waals surface area contributed by atoms with Crippen LogP contribution in [0.4, 0.5) is 0 Å². The molecule has 4 heteroatoms. The largest absolute Gasteiger partial charge is 0.366 e. The summed E-state index contributed by atoms with van der Waals surface area (Å²) in [7, 11) is 0. The predicted molar refractivity (Wildman–Crippen MR) is 68.1 cm³/mol. The minimum absolute atomic E-state index is 0.0325. The Kier molecular flexibility index (Phi) is 2.63. The van der Waals surface area contributed by atoms with Gasteiger partial charge in [-0.1, -0.05) is 0 Å². The third-order valence-electron chi connectivity index (χ3n) is 3.49. The van der Waals surface area contributed by atoms with Crippen LogP contribution in [0.1, 0.15) is 34.1 Å². The maximum absolute atomic E-state index is 11.4. The molecule has 1 fully saturated rings. The van der Waals surface area contributed by atoms with Crippen molar-refractivity contribution in [3.8, 4) is 0 Å². The second-order valence-corrected chi connectivity index (χ2v) is 7.05. The van der Waals surface area contributed by atoms with E-state index < -0.39 is 0 Å². The van der Waals surface area contributed by atoms with E-state index in [0.717, 1.165) is 12.0 Å². The zero-order valence-electron chi connectivity index (χ0n) is 10.3. The van der Waals surface area contributed by atoms with Crippen molar-refractivity contribution >= 4 is 17.7 Å². The van der Waals surface area contributed by atoms with Crippen molar-refractivity contribution in [2.45, 2.75) is 50.4 Å². The lowest BCUT2D eigenvalue weighted by Crippen LogP contribution is -2.64. The SMILES string of the molecule is CC1(C)CC2C(C(N)=O)=CSC2C(C)(C)N1. The smallest absolute Gasteiger partial charge is 0.245 e. The number of hydrogen-bond acceptors (Lipinski definition) is 3. The topological polar surface area (TPSA) is 55.1 Å².